The van der Waals surface area contributed by atoms with Gasteiger partial charge < -0.3 is 10.5 Å². The fourth-order valence-electron chi connectivity index (χ4n) is 0. The zero-order valence-corrected chi connectivity index (χ0v) is 9.82. The molecule has 6 heavy (non-hydrogen) atoms. The molecular formula is C2H4HgNOS. The Hall–Kier alpha value is 0.695. The van der Waals surface area contributed by atoms with E-state index >= 15 is 0 Å². The van der Waals surface area contributed by atoms with Crippen molar-refractivity contribution >= 4 is 17.4 Å². The van der Waals surface area contributed by atoms with Crippen LogP contribution in [0.3, 0.4) is 0 Å². The molecule has 0 atom stereocenters. The maximum atomic E-state index is 7.13. The molecule has 0 aliphatic carbocycles. The van der Waals surface area contributed by atoms with Crippen LogP contribution in [0.25, 0.3) is 5.41 Å². The van der Waals surface area contributed by atoms with Gasteiger partial charge in [0.05, 0.1) is 0 Å². The molecule has 0 aliphatic rings. The fourth-order valence-corrected chi connectivity index (χ4v) is 0. The van der Waals surface area contributed by atoms with E-state index in [0.29, 0.717) is 0 Å². The van der Waals surface area contributed by atoms with Crippen molar-refractivity contribution in [2.75, 3.05) is 7.11 Å². The molecule has 0 saturated heterocycles. The quantitative estimate of drug-likeness (QED) is 0.395. The van der Waals surface area contributed by atoms with Gasteiger partial charge in [-0.25, -0.2) is 0 Å². The van der Waals surface area contributed by atoms with Crippen LogP contribution in [0, 0.1) is 0 Å². The molecule has 0 saturated carbocycles. The molecule has 31 valence electrons. The Kier molecular flexibility index (Phi) is 116. The molecule has 0 bridgehead atoms. The van der Waals surface area contributed by atoms with Gasteiger partial charge in [0.25, 0.3) is 0 Å². The average Bonchev–Trinajstić information content (AvgIpc) is 1.46. The summed E-state index contributed by atoms with van der Waals surface area (Å²) in [4.78, 5) is 0. The summed E-state index contributed by atoms with van der Waals surface area (Å²) in [7, 11) is 1.00. The first-order chi connectivity index (χ1) is 2.41. The monoisotopic (exact) mass is 292 g/mol. The summed E-state index contributed by atoms with van der Waals surface area (Å²) in [6.07, 6.45) is 0. The number of aliphatic hydroxyl groups is 1. The molecule has 2 nitrogen and oxygen atoms in total. The number of thiocarbonyl (C=S) groups is 1. The van der Waals surface area contributed by atoms with Crippen LogP contribution in [0.1, 0.15) is 0 Å². The van der Waals surface area contributed by atoms with E-state index in [1.807, 2.05) is 0 Å². The van der Waals surface area contributed by atoms with E-state index in [-0.39, 0.29) is 27.7 Å². The molecule has 0 unspecified atom stereocenters. The first kappa shape index (κ1) is 15.9. The van der Waals surface area contributed by atoms with Crippen molar-refractivity contribution in [1.29, 1.82) is 0 Å². The summed E-state index contributed by atoms with van der Waals surface area (Å²) in [6, 6.07) is 0. The van der Waals surface area contributed by atoms with Gasteiger partial charge in [-0.2, -0.15) is 5.16 Å². The maximum absolute atomic E-state index is 7.13. The topological polar surface area (TPSA) is 42.5 Å². The van der Waals surface area contributed by atoms with Crippen LogP contribution in [-0.2, 0) is 27.7 Å². The van der Waals surface area contributed by atoms with Crippen molar-refractivity contribution < 1.29 is 32.8 Å². The SMILES string of the molecule is CO.[Hg+].[N-]=C=S. The number of nitrogens with zero attached hydrogens (tertiary/aromatic N) is 1. The summed E-state index contributed by atoms with van der Waals surface area (Å²) < 4.78 is 0. The Morgan fingerprint density at radius 1 is 1.67 bits per heavy atom. The van der Waals surface area contributed by atoms with Crippen LogP contribution >= 0.6 is 12.2 Å². The van der Waals surface area contributed by atoms with Gasteiger partial charge in [-0.05, 0) is 0 Å². The molecule has 0 aromatic heterocycles. The van der Waals surface area contributed by atoms with Gasteiger partial charge in [-0.15, -0.1) is 0 Å². The Bertz CT molecular complexity index is 34.5. The second-order valence-electron chi connectivity index (χ2n) is 0.0913. The molecule has 0 amide bonds. The predicted molar refractivity (Wildman–Crippen MR) is 24.1 cm³/mol. The summed E-state index contributed by atoms with van der Waals surface area (Å²) in [6.45, 7) is 0. The van der Waals surface area contributed by atoms with Crippen LogP contribution in [0.15, 0.2) is 0 Å². The molecule has 0 heterocycles. The van der Waals surface area contributed by atoms with E-state index in [1.165, 1.54) is 5.16 Å². The molecule has 1 radical (unpaired) electrons. The van der Waals surface area contributed by atoms with Gasteiger partial charge >= 0.3 is 27.7 Å². The molecule has 0 aromatic carbocycles. The van der Waals surface area contributed by atoms with Gasteiger partial charge in [0, 0.05) is 7.11 Å². The Morgan fingerprint density at radius 2 is 1.67 bits per heavy atom. The minimum atomic E-state index is 0. The molecule has 0 spiro atoms. The number of aliphatic hydroxyl groups excluding tert-OH is 1. The van der Waals surface area contributed by atoms with Crippen molar-refractivity contribution in [3.05, 3.63) is 5.41 Å². The van der Waals surface area contributed by atoms with Crippen molar-refractivity contribution in [3.63, 3.8) is 0 Å². The van der Waals surface area contributed by atoms with Crippen LogP contribution in [0.4, 0.5) is 0 Å². The Labute approximate surface area is 62.6 Å². The molecule has 0 aromatic rings. The van der Waals surface area contributed by atoms with Crippen LogP contribution in [-0.4, -0.2) is 17.4 Å². The zero-order chi connectivity index (χ0) is 4.71. The van der Waals surface area contributed by atoms with Crippen molar-refractivity contribution in [3.8, 4) is 0 Å². The molecule has 1 N–H and O–H groups in total. The third-order valence-corrected chi connectivity index (χ3v) is 0. The van der Waals surface area contributed by atoms with Gasteiger partial charge in [0.1, 0.15) is 0 Å². The zero-order valence-electron chi connectivity index (χ0n) is 3.51. The largest absolute Gasteiger partial charge is 1.00 e. The number of hydrogen-bond donors (Lipinski definition) is 1. The van der Waals surface area contributed by atoms with E-state index in [0.717, 1.165) is 7.11 Å². The minimum absolute atomic E-state index is 0. The molecule has 0 rings (SSSR count). The van der Waals surface area contributed by atoms with E-state index in [1.54, 1.807) is 0 Å². The summed E-state index contributed by atoms with van der Waals surface area (Å²) in [5.41, 5.74) is 0. The van der Waals surface area contributed by atoms with Crippen molar-refractivity contribution in [1.82, 2.24) is 0 Å². The summed E-state index contributed by atoms with van der Waals surface area (Å²) >= 11 is 3.70. The van der Waals surface area contributed by atoms with Crippen molar-refractivity contribution in [2.45, 2.75) is 0 Å². The minimum Gasteiger partial charge on any atom is -0.753 e. The molecule has 0 fully saturated rings. The van der Waals surface area contributed by atoms with Gasteiger partial charge in [0.15, 0.2) is 0 Å². The maximum Gasteiger partial charge on any atom is 1.00 e. The summed E-state index contributed by atoms with van der Waals surface area (Å²) in [5, 5.41) is 15.5. The Morgan fingerprint density at radius 3 is 1.67 bits per heavy atom. The number of hydrogen-bond acceptors (Lipinski definition) is 2. The summed E-state index contributed by atoms with van der Waals surface area (Å²) in [5.74, 6) is 0. The standard InChI is InChI=1S/CNS.CH4O.Hg/c2-1-3;1-2;/h;2H,1H3;/q-1;;+1. The second-order valence-corrected chi connectivity index (χ2v) is 0.274. The molecular weight excluding hydrogens is 287 g/mol. The third kappa shape index (κ3) is 133. The van der Waals surface area contributed by atoms with Crippen LogP contribution in [0.2, 0.25) is 0 Å². The van der Waals surface area contributed by atoms with Gasteiger partial charge in [0.2, 0.25) is 0 Å². The van der Waals surface area contributed by atoms with Gasteiger partial charge in [-0.3, -0.25) is 0 Å². The Balaban J connectivity index is -0.0000000275. The van der Waals surface area contributed by atoms with Crippen LogP contribution < -0.4 is 0 Å². The van der Waals surface area contributed by atoms with E-state index in [9.17, 15) is 0 Å². The predicted octanol–water partition coefficient (Wildman–Crippen LogP) is 0.265. The number of rotatable bonds is 0. The molecule has 4 heteroatoms. The van der Waals surface area contributed by atoms with E-state index < -0.39 is 0 Å². The fraction of sp³-hybridized carbons (Fsp3) is 0.500. The average molecular weight is 291 g/mol. The number of isothiocyanates is 1. The van der Waals surface area contributed by atoms with E-state index in [4.69, 9.17) is 10.5 Å². The first-order valence-corrected chi connectivity index (χ1v) is 1.28. The smallest absolute Gasteiger partial charge is 0.753 e. The van der Waals surface area contributed by atoms with Crippen molar-refractivity contribution in [2.24, 2.45) is 0 Å². The molecule has 0 aliphatic heterocycles. The van der Waals surface area contributed by atoms with Gasteiger partial charge in [-0.1, -0.05) is 12.2 Å². The normalized spacial score (nSPS) is 2.33. The van der Waals surface area contributed by atoms with E-state index in [2.05, 4.69) is 12.2 Å². The second kappa shape index (κ2) is 43.7. The van der Waals surface area contributed by atoms with Crippen LogP contribution in [0.5, 0.6) is 0 Å². The third-order valence-electron chi connectivity index (χ3n) is 0. The first-order valence-electron chi connectivity index (χ1n) is 0.875.